The van der Waals surface area contributed by atoms with Gasteiger partial charge in [-0.05, 0) is 43.0 Å². The summed E-state index contributed by atoms with van der Waals surface area (Å²) in [7, 11) is 0. The molecule has 1 unspecified atom stereocenters. The van der Waals surface area contributed by atoms with E-state index in [1.165, 1.54) is 31.2 Å². The van der Waals surface area contributed by atoms with E-state index in [4.69, 9.17) is 0 Å². The van der Waals surface area contributed by atoms with Crippen LogP contribution in [0.2, 0.25) is 0 Å². The number of halogens is 1. The quantitative estimate of drug-likeness (QED) is 0.868. The summed E-state index contributed by atoms with van der Waals surface area (Å²) in [5, 5.41) is 3.64. The van der Waals surface area contributed by atoms with E-state index >= 15 is 0 Å². The molecule has 1 atom stereocenters. The molecule has 0 aromatic heterocycles. The third-order valence-electron chi connectivity index (χ3n) is 3.52. The molecule has 0 spiro atoms. The Kier molecular flexibility index (Phi) is 4.42. The highest BCUT2D eigenvalue weighted by atomic mass is 79.9. The zero-order valence-electron chi connectivity index (χ0n) is 9.88. The van der Waals surface area contributed by atoms with E-state index in [9.17, 15) is 0 Å². The molecule has 1 aliphatic rings. The molecule has 1 nitrogen and oxygen atoms in total. The summed E-state index contributed by atoms with van der Waals surface area (Å²) in [4.78, 5) is 0. The monoisotopic (exact) mass is 281 g/mol. The Morgan fingerprint density at radius 3 is 2.44 bits per heavy atom. The fraction of sp³-hybridized carbons (Fsp3) is 0.571. The van der Waals surface area contributed by atoms with Crippen LogP contribution in [0.5, 0.6) is 0 Å². The molecule has 1 N–H and O–H groups in total. The summed E-state index contributed by atoms with van der Waals surface area (Å²) in [6.07, 6.45) is 5.58. The van der Waals surface area contributed by atoms with Gasteiger partial charge < -0.3 is 5.32 Å². The van der Waals surface area contributed by atoms with Gasteiger partial charge in [0.05, 0.1) is 0 Å². The molecule has 1 aromatic carbocycles. The summed E-state index contributed by atoms with van der Waals surface area (Å²) < 4.78 is 1.16. The largest absolute Gasteiger partial charge is 0.310 e. The van der Waals surface area contributed by atoms with Gasteiger partial charge in [0.1, 0.15) is 0 Å². The van der Waals surface area contributed by atoms with Crippen molar-refractivity contribution in [3.05, 3.63) is 34.3 Å². The summed E-state index contributed by atoms with van der Waals surface area (Å²) >= 11 is 3.50. The molecule has 0 aliphatic heterocycles. The Balaban J connectivity index is 2.14. The van der Waals surface area contributed by atoms with Gasteiger partial charge in [0.2, 0.25) is 0 Å². The number of hydrogen-bond donors (Lipinski definition) is 1. The molecule has 1 fully saturated rings. The third-order valence-corrected chi connectivity index (χ3v) is 4.05. The van der Waals surface area contributed by atoms with Gasteiger partial charge in [0.15, 0.2) is 0 Å². The molecule has 1 saturated carbocycles. The third kappa shape index (κ3) is 2.86. The second kappa shape index (κ2) is 5.83. The Hall–Kier alpha value is -0.340. The fourth-order valence-corrected chi connectivity index (χ4v) is 3.00. The van der Waals surface area contributed by atoms with Crippen LogP contribution in [-0.4, -0.2) is 6.54 Å². The molecular weight excluding hydrogens is 262 g/mol. The zero-order chi connectivity index (χ0) is 11.4. The van der Waals surface area contributed by atoms with E-state index in [0.29, 0.717) is 6.04 Å². The van der Waals surface area contributed by atoms with Crippen LogP contribution in [0.1, 0.15) is 44.2 Å². The number of rotatable bonds is 4. The van der Waals surface area contributed by atoms with Crippen molar-refractivity contribution in [1.82, 2.24) is 5.32 Å². The van der Waals surface area contributed by atoms with Crippen LogP contribution >= 0.6 is 15.9 Å². The standard InChI is InChI=1S/C14H20BrN/c1-2-16-14(11-5-3-4-6-11)12-7-9-13(15)10-8-12/h7-11,14,16H,2-6H2,1H3. The molecule has 0 amide bonds. The number of benzene rings is 1. The Morgan fingerprint density at radius 1 is 1.25 bits per heavy atom. The number of nitrogens with one attached hydrogen (secondary N) is 1. The molecular formula is C14H20BrN. The Bertz CT molecular complexity index is 314. The predicted molar refractivity (Wildman–Crippen MR) is 72.5 cm³/mol. The van der Waals surface area contributed by atoms with Crippen LogP contribution in [0.25, 0.3) is 0 Å². The topological polar surface area (TPSA) is 12.0 Å². The molecule has 2 rings (SSSR count). The number of hydrogen-bond acceptors (Lipinski definition) is 1. The molecule has 0 heterocycles. The molecule has 0 saturated heterocycles. The van der Waals surface area contributed by atoms with Crippen LogP contribution in [0.3, 0.4) is 0 Å². The van der Waals surface area contributed by atoms with Crippen LogP contribution in [0, 0.1) is 5.92 Å². The summed E-state index contributed by atoms with van der Waals surface area (Å²) in [6, 6.07) is 9.34. The van der Waals surface area contributed by atoms with Gasteiger partial charge >= 0.3 is 0 Å². The fourth-order valence-electron chi connectivity index (χ4n) is 2.74. The smallest absolute Gasteiger partial charge is 0.0348 e. The van der Waals surface area contributed by atoms with Crippen LogP contribution in [0.15, 0.2) is 28.7 Å². The molecule has 88 valence electrons. The molecule has 16 heavy (non-hydrogen) atoms. The van der Waals surface area contributed by atoms with Gasteiger partial charge in [-0.1, -0.05) is 47.8 Å². The van der Waals surface area contributed by atoms with Crippen molar-refractivity contribution >= 4 is 15.9 Å². The summed E-state index contributed by atoms with van der Waals surface area (Å²) in [5.74, 6) is 0.834. The first-order valence-corrected chi connectivity index (χ1v) is 7.09. The first kappa shape index (κ1) is 12.1. The van der Waals surface area contributed by atoms with Crippen molar-refractivity contribution in [2.45, 2.75) is 38.6 Å². The highest BCUT2D eigenvalue weighted by Crippen LogP contribution is 2.35. The van der Waals surface area contributed by atoms with Crippen LogP contribution < -0.4 is 5.32 Å². The van der Waals surface area contributed by atoms with E-state index in [-0.39, 0.29) is 0 Å². The minimum atomic E-state index is 0.556. The van der Waals surface area contributed by atoms with Crippen molar-refractivity contribution in [2.24, 2.45) is 5.92 Å². The van der Waals surface area contributed by atoms with E-state index in [2.05, 4.69) is 52.4 Å². The van der Waals surface area contributed by atoms with E-state index in [0.717, 1.165) is 16.9 Å². The van der Waals surface area contributed by atoms with Gasteiger partial charge in [-0.2, -0.15) is 0 Å². The Morgan fingerprint density at radius 2 is 1.88 bits per heavy atom. The van der Waals surface area contributed by atoms with Crippen molar-refractivity contribution in [3.63, 3.8) is 0 Å². The average Bonchev–Trinajstić information content (AvgIpc) is 2.81. The van der Waals surface area contributed by atoms with Gasteiger partial charge in [-0.3, -0.25) is 0 Å². The average molecular weight is 282 g/mol. The lowest BCUT2D eigenvalue weighted by atomic mass is 9.91. The minimum absolute atomic E-state index is 0.556. The molecule has 1 aliphatic carbocycles. The van der Waals surface area contributed by atoms with Crippen LogP contribution in [0.4, 0.5) is 0 Å². The van der Waals surface area contributed by atoms with E-state index in [1.807, 2.05) is 0 Å². The highest BCUT2D eigenvalue weighted by Gasteiger charge is 2.25. The lowest BCUT2D eigenvalue weighted by Crippen LogP contribution is -2.26. The van der Waals surface area contributed by atoms with Crippen molar-refractivity contribution in [3.8, 4) is 0 Å². The summed E-state index contributed by atoms with van der Waals surface area (Å²) in [6.45, 7) is 3.25. The maximum absolute atomic E-state index is 3.64. The van der Waals surface area contributed by atoms with Gasteiger partial charge in [0.25, 0.3) is 0 Å². The zero-order valence-corrected chi connectivity index (χ0v) is 11.5. The first-order chi connectivity index (χ1) is 7.81. The van der Waals surface area contributed by atoms with Crippen molar-refractivity contribution < 1.29 is 0 Å². The maximum atomic E-state index is 3.64. The normalized spacial score (nSPS) is 18.9. The second-order valence-corrected chi connectivity index (χ2v) is 5.55. The van der Waals surface area contributed by atoms with Gasteiger partial charge in [-0.15, -0.1) is 0 Å². The second-order valence-electron chi connectivity index (χ2n) is 4.63. The van der Waals surface area contributed by atoms with E-state index < -0.39 is 0 Å². The first-order valence-electron chi connectivity index (χ1n) is 6.30. The van der Waals surface area contributed by atoms with Crippen LogP contribution in [-0.2, 0) is 0 Å². The van der Waals surface area contributed by atoms with E-state index in [1.54, 1.807) is 0 Å². The molecule has 0 bridgehead atoms. The SMILES string of the molecule is CCNC(c1ccc(Br)cc1)C1CCCC1. The lowest BCUT2D eigenvalue weighted by Gasteiger charge is -2.24. The summed E-state index contributed by atoms with van der Waals surface area (Å²) in [5.41, 5.74) is 1.44. The van der Waals surface area contributed by atoms with Crippen molar-refractivity contribution in [1.29, 1.82) is 0 Å². The lowest BCUT2D eigenvalue weighted by molar-refractivity contribution is 0.374. The van der Waals surface area contributed by atoms with Gasteiger partial charge in [-0.25, -0.2) is 0 Å². The maximum Gasteiger partial charge on any atom is 0.0348 e. The predicted octanol–water partition coefficient (Wildman–Crippen LogP) is 4.29. The molecule has 0 radical (unpaired) electrons. The molecule has 2 heteroatoms. The van der Waals surface area contributed by atoms with Crippen molar-refractivity contribution in [2.75, 3.05) is 6.54 Å². The van der Waals surface area contributed by atoms with Gasteiger partial charge in [0, 0.05) is 10.5 Å². The minimum Gasteiger partial charge on any atom is -0.310 e. The Labute approximate surface area is 107 Å². The highest BCUT2D eigenvalue weighted by molar-refractivity contribution is 9.10. The molecule has 1 aromatic rings.